The molecule has 0 spiro atoms. The summed E-state index contributed by atoms with van der Waals surface area (Å²) in [6.45, 7) is 4.87. The molecule has 2 aliphatic rings. The molecule has 0 saturated carbocycles. The van der Waals surface area contributed by atoms with Crippen molar-refractivity contribution in [2.24, 2.45) is 0 Å². The lowest BCUT2D eigenvalue weighted by Gasteiger charge is -2.29. The Bertz CT molecular complexity index is 765. The van der Waals surface area contributed by atoms with Crippen molar-refractivity contribution in [3.63, 3.8) is 0 Å². The first-order chi connectivity index (χ1) is 14.1. The van der Waals surface area contributed by atoms with Crippen LogP contribution >= 0.6 is 12.2 Å². The standard InChI is InChI=1S/C23H31N3O2S/c1-2-3-4-9-16-26-22(28)20(21(27)24-23(26)29)17-18-10-12-19(13-11-18)25-14-7-5-6-8-15-25/h10-13,17H,2-9,14-16H2,1H3,(H,24,27,29)/b20-17+. The van der Waals surface area contributed by atoms with Crippen LogP contribution in [0.4, 0.5) is 5.69 Å². The van der Waals surface area contributed by atoms with E-state index in [1.54, 1.807) is 6.08 Å². The molecule has 2 amide bonds. The Labute approximate surface area is 179 Å². The van der Waals surface area contributed by atoms with Gasteiger partial charge >= 0.3 is 0 Å². The minimum absolute atomic E-state index is 0.150. The molecule has 29 heavy (non-hydrogen) atoms. The van der Waals surface area contributed by atoms with E-state index in [2.05, 4.69) is 29.3 Å². The second kappa shape index (κ2) is 10.5. The monoisotopic (exact) mass is 413 g/mol. The molecule has 0 radical (unpaired) electrons. The highest BCUT2D eigenvalue weighted by molar-refractivity contribution is 7.80. The van der Waals surface area contributed by atoms with Gasteiger partial charge in [0, 0.05) is 25.3 Å². The van der Waals surface area contributed by atoms with Crippen molar-refractivity contribution in [2.75, 3.05) is 24.5 Å². The van der Waals surface area contributed by atoms with Crippen LogP contribution in [0.25, 0.3) is 6.08 Å². The SMILES string of the molecule is CCCCCCN1C(=O)/C(=C/c2ccc(N3CCCCCC3)cc2)C(=O)NC1=S. The molecule has 0 atom stereocenters. The maximum atomic E-state index is 12.9. The smallest absolute Gasteiger partial charge is 0.265 e. The van der Waals surface area contributed by atoms with Crippen molar-refractivity contribution in [1.29, 1.82) is 0 Å². The van der Waals surface area contributed by atoms with E-state index in [0.29, 0.717) is 6.54 Å². The molecule has 5 nitrogen and oxygen atoms in total. The van der Waals surface area contributed by atoms with Crippen LogP contribution in [0.2, 0.25) is 0 Å². The van der Waals surface area contributed by atoms with Crippen molar-refractivity contribution < 1.29 is 9.59 Å². The zero-order chi connectivity index (χ0) is 20.6. The molecule has 156 valence electrons. The molecule has 2 fully saturated rings. The number of carbonyl (C=O) groups is 2. The zero-order valence-electron chi connectivity index (χ0n) is 17.3. The number of thiocarbonyl (C=S) groups is 1. The van der Waals surface area contributed by atoms with E-state index in [9.17, 15) is 9.59 Å². The maximum absolute atomic E-state index is 12.9. The average molecular weight is 414 g/mol. The maximum Gasteiger partial charge on any atom is 0.265 e. The summed E-state index contributed by atoms with van der Waals surface area (Å²) >= 11 is 5.22. The molecule has 0 aliphatic carbocycles. The first kappa shape index (κ1) is 21.5. The molecule has 0 unspecified atom stereocenters. The molecule has 1 N–H and O–H groups in total. The van der Waals surface area contributed by atoms with Gasteiger partial charge in [0.25, 0.3) is 11.8 Å². The van der Waals surface area contributed by atoms with Crippen LogP contribution in [0.15, 0.2) is 29.8 Å². The molecule has 6 heteroatoms. The number of nitrogens with zero attached hydrogens (tertiary/aromatic N) is 2. The number of hydrogen-bond donors (Lipinski definition) is 1. The lowest BCUT2D eigenvalue weighted by Crippen LogP contribution is -2.54. The van der Waals surface area contributed by atoms with Gasteiger partial charge in [0.15, 0.2) is 5.11 Å². The second-order valence-corrected chi connectivity index (χ2v) is 8.21. The quantitative estimate of drug-likeness (QED) is 0.314. The predicted molar refractivity (Wildman–Crippen MR) is 122 cm³/mol. The molecular formula is C23H31N3O2S. The van der Waals surface area contributed by atoms with E-state index in [-0.39, 0.29) is 16.6 Å². The van der Waals surface area contributed by atoms with Gasteiger partial charge in [-0.05, 0) is 55.3 Å². The van der Waals surface area contributed by atoms with Gasteiger partial charge in [-0.1, -0.05) is 51.2 Å². The van der Waals surface area contributed by atoms with Crippen LogP contribution in [0.3, 0.4) is 0 Å². The summed E-state index contributed by atoms with van der Waals surface area (Å²) in [6.07, 6.45) is 10.9. The molecular weight excluding hydrogens is 382 g/mol. The van der Waals surface area contributed by atoms with Crippen LogP contribution in [0.1, 0.15) is 63.9 Å². The van der Waals surface area contributed by atoms with Crippen LogP contribution in [0.5, 0.6) is 0 Å². The molecule has 0 aromatic heterocycles. The van der Waals surface area contributed by atoms with Crippen molar-refractivity contribution in [1.82, 2.24) is 10.2 Å². The van der Waals surface area contributed by atoms with Gasteiger partial charge in [0.05, 0.1) is 0 Å². The lowest BCUT2D eigenvalue weighted by atomic mass is 10.1. The number of benzene rings is 1. The summed E-state index contributed by atoms with van der Waals surface area (Å²) in [4.78, 5) is 29.2. The second-order valence-electron chi connectivity index (χ2n) is 7.83. The Morgan fingerprint density at radius 2 is 1.69 bits per heavy atom. The Kier molecular flexibility index (Phi) is 7.81. The average Bonchev–Trinajstić information content (AvgIpc) is 3.00. The molecule has 0 bridgehead atoms. The first-order valence-electron chi connectivity index (χ1n) is 10.8. The Hall–Kier alpha value is -2.21. The van der Waals surface area contributed by atoms with Crippen LogP contribution < -0.4 is 10.2 Å². The minimum Gasteiger partial charge on any atom is -0.372 e. The van der Waals surface area contributed by atoms with Gasteiger partial charge in [-0.15, -0.1) is 0 Å². The number of nitrogens with one attached hydrogen (secondary N) is 1. The zero-order valence-corrected chi connectivity index (χ0v) is 18.1. The van der Waals surface area contributed by atoms with Crippen LogP contribution in [0, 0.1) is 0 Å². The largest absolute Gasteiger partial charge is 0.372 e. The molecule has 2 heterocycles. The third-order valence-corrected chi connectivity index (χ3v) is 5.92. The van der Waals surface area contributed by atoms with Crippen LogP contribution in [-0.4, -0.2) is 41.5 Å². The van der Waals surface area contributed by atoms with Gasteiger partial charge < -0.3 is 4.90 Å². The highest BCUT2D eigenvalue weighted by atomic mass is 32.1. The van der Waals surface area contributed by atoms with Gasteiger partial charge in [0.1, 0.15) is 5.57 Å². The summed E-state index contributed by atoms with van der Waals surface area (Å²) in [5.41, 5.74) is 2.20. The molecule has 2 aliphatic heterocycles. The number of hydrogen-bond acceptors (Lipinski definition) is 4. The summed E-state index contributed by atoms with van der Waals surface area (Å²) in [7, 11) is 0. The van der Waals surface area contributed by atoms with Crippen molar-refractivity contribution in [3.05, 3.63) is 35.4 Å². The van der Waals surface area contributed by atoms with E-state index in [1.807, 2.05) is 12.1 Å². The Morgan fingerprint density at radius 3 is 2.34 bits per heavy atom. The van der Waals surface area contributed by atoms with Gasteiger partial charge in [0.2, 0.25) is 0 Å². The topological polar surface area (TPSA) is 52.7 Å². The molecule has 1 aromatic rings. The lowest BCUT2D eigenvalue weighted by molar-refractivity contribution is -0.128. The fourth-order valence-electron chi connectivity index (χ4n) is 3.87. The van der Waals surface area contributed by atoms with E-state index in [0.717, 1.165) is 44.3 Å². The summed E-state index contributed by atoms with van der Waals surface area (Å²) < 4.78 is 0. The minimum atomic E-state index is -0.415. The van der Waals surface area contributed by atoms with E-state index in [1.165, 1.54) is 36.3 Å². The van der Waals surface area contributed by atoms with Gasteiger partial charge in [-0.2, -0.15) is 0 Å². The molecule has 1 aromatic carbocycles. The van der Waals surface area contributed by atoms with E-state index < -0.39 is 5.91 Å². The van der Waals surface area contributed by atoms with Crippen molar-refractivity contribution in [2.45, 2.75) is 58.3 Å². The third kappa shape index (κ3) is 5.66. The number of anilines is 1. The Balaban J connectivity index is 1.70. The molecule has 2 saturated heterocycles. The number of carbonyl (C=O) groups excluding carboxylic acids is 2. The number of amides is 2. The molecule has 3 rings (SSSR count). The highest BCUT2D eigenvalue weighted by Gasteiger charge is 2.32. The summed E-state index contributed by atoms with van der Waals surface area (Å²) in [6, 6.07) is 8.12. The normalized spacial score (nSPS) is 19.5. The summed E-state index contributed by atoms with van der Waals surface area (Å²) in [5.74, 6) is -0.715. The fourth-order valence-corrected chi connectivity index (χ4v) is 4.14. The van der Waals surface area contributed by atoms with E-state index >= 15 is 0 Å². The number of unbranched alkanes of at least 4 members (excludes halogenated alkanes) is 3. The number of rotatable bonds is 7. The van der Waals surface area contributed by atoms with Crippen LogP contribution in [-0.2, 0) is 9.59 Å². The predicted octanol–water partition coefficient (Wildman–Crippen LogP) is 4.27. The summed E-state index contributed by atoms with van der Waals surface area (Å²) in [5, 5.41) is 2.88. The fraction of sp³-hybridized carbons (Fsp3) is 0.522. The van der Waals surface area contributed by atoms with Gasteiger partial charge in [-0.25, -0.2) is 0 Å². The highest BCUT2D eigenvalue weighted by Crippen LogP contribution is 2.22. The van der Waals surface area contributed by atoms with Crippen molar-refractivity contribution in [3.8, 4) is 0 Å². The van der Waals surface area contributed by atoms with Gasteiger partial charge in [-0.3, -0.25) is 19.8 Å². The van der Waals surface area contributed by atoms with E-state index in [4.69, 9.17) is 12.2 Å². The Morgan fingerprint density at radius 1 is 1.00 bits per heavy atom. The third-order valence-electron chi connectivity index (χ3n) is 5.60. The van der Waals surface area contributed by atoms with Crippen molar-refractivity contribution >= 4 is 40.9 Å². The first-order valence-corrected chi connectivity index (χ1v) is 11.2.